The van der Waals surface area contributed by atoms with Crippen molar-refractivity contribution in [3.63, 3.8) is 0 Å². The van der Waals surface area contributed by atoms with E-state index in [0.717, 1.165) is 46.8 Å². The van der Waals surface area contributed by atoms with Gasteiger partial charge in [-0.3, -0.25) is 14.5 Å². The highest BCUT2D eigenvalue weighted by atomic mass is 16.5. The summed E-state index contributed by atoms with van der Waals surface area (Å²) in [5, 5.41) is 8.70. The molecular formula is C27H31N5O3. The number of amides is 1. The Morgan fingerprint density at radius 2 is 2.00 bits per heavy atom. The maximum Gasteiger partial charge on any atom is 0.277 e. The molecule has 0 atom stereocenters. The molecule has 0 bridgehead atoms. The second-order valence-corrected chi connectivity index (χ2v) is 9.71. The Hall–Kier alpha value is -3.68. The lowest BCUT2D eigenvalue weighted by atomic mass is 9.80. The van der Waals surface area contributed by atoms with Crippen molar-refractivity contribution in [3.05, 3.63) is 54.3 Å². The van der Waals surface area contributed by atoms with Gasteiger partial charge >= 0.3 is 0 Å². The molecule has 1 aliphatic carbocycles. The Morgan fingerprint density at radius 1 is 1.20 bits per heavy atom. The number of nitrogens with zero attached hydrogens (tertiary/aromatic N) is 4. The fraction of sp³-hybridized carbons (Fsp3) is 0.407. The van der Waals surface area contributed by atoms with Gasteiger partial charge < -0.3 is 14.5 Å². The van der Waals surface area contributed by atoms with Gasteiger partial charge in [-0.15, -0.1) is 0 Å². The first kappa shape index (κ1) is 23.1. The van der Waals surface area contributed by atoms with Gasteiger partial charge in [0.25, 0.3) is 5.91 Å². The molecule has 5 rings (SSSR count). The second-order valence-electron chi connectivity index (χ2n) is 9.71. The van der Waals surface area contributed by atoms with Crippen LogP contribution in [0.4, 0.5) is 5.69 Å². The van der Waals surface area contributed by atoms with Crippen molar-refractivity contribution in [2.45, 2.75) is 52.5 Å². The Bertz CT molecular complexity index is 1350. The standard InChI is InChI=1S/C27H31N5O3/c1-16(2)18-5-7-21(8-6-18)32-14-20-12-23(25(34-4)13-22(20)31-32)29-26(33)24-15-35-27(30-24)19-9-10-28-17(3)11-19/h9-16,18,21H,5-8H2,1-4H3,(H,29,33)/t18-,21-. The molecule has 1 fully saturated rings. The van der Waals surface area contributed by atoms with E-state index < -0.39 is 0 Å². The zero-order chi connectivity index (χ0) is 24.5. The first-order chi connectivity index (χ1) is 16.9. The summed E-state index contributed by atoms with van der Waals surface area (Å²) in [6.45, 7) is 6.52. The molecular weight excluding hydrogens is 442 g/mol. The lowest BCUT2D eigenvalue weighted by Gasteiger charge is -2.30. The molecule has 0 aliphatic heterocycles. The van der Waals surface area contributed by atoms with Gasteiger partial charge in [0.2, 0.25) is 5.89 Å². The van der Waals surface area contributed by atoms with Crippen LogP contribution in [0.3, 0.4) is 0 Å². The van der Waals surface area contributed by atoms with E-state index in [0.29, 0.717) is 23.4 Å². The molecule has 1 amide bonds. The summed E-state index contributed by atoms with van der Waals surface area (Å²) in [6, 6.07) is 7.84. The van der Waals surface area contributed by atoms with Gasteiger partial charge in [-0.1, -0.05) is 13.8 Å². The first-order valence-electron chi connectivity index (χ1n) is 12.2. The third-order valence-electron chi connectivity index (χ3n) is 7.03. The van der Waals surface area contributed by atoms with Gasteiger partial charge in [0.15, 0.2) is 5.69 Å². The molecule has 1 N–H and O–H groups in total. The van der Waals surface area contributed by atoms with E-state index in [2.05, 4.69) is 40.0 Å². The molecule has 0 unspecified atom stereocenters. The SMILES string of the molecule is COc1cc2nn([C@H]3CC[C@H](C(C)C)CC3)cc2cc1NC(=O)c1coc(-c2ccnc(C)c2)n1. The maximum atomic E-state index is 12.9. The lowest BCUT2D eigenvalue weighted by Crippen LogP contribution is -2.21. The quantitative estimate of drug-likeness (QED) is 0.367. The normalized spacial score (nSPS) is 18.2. The summed E-state index contributed by atoms with van der Waals surface area (Å²) in [4.78, 5) is 21.5. The highest BCUT2D eigenvalue weighted by Crippen LogP contribution is 2.37. The molecule has 8 nitrogen and oxygen atoms in total. The minimum absolute atomic E-state index is 0.189. The number of aryl methyl sites for hydroxylation is 1. The van der Waals surface area contributed by atoms with Crippen LogP contribution in [0.2, 0.25) is 0 Å². The van der Waals surface area contributed by atoms with E-state index in [4.69, 9.17) is 14.3 Å². The van der Waals surface area contributed by atoms with Crippen LogP contribution in [-0.4, -0.2) is 32.8 Å². The largest absolute Gasteiger partial charge is 0.494 e. The predicted molar refractivity (Wildman–Crippen MR) is 135 cm³/mol. The van der Waals surface area contributed by atoms with E-state index in [-0.39, 0.29) is 11.6 Å². The number of benzene rings is 1. The van der Waals surface area contributed by atoms with Gasteiger partial charge in [-0.2, -0.15) is 5.10 Å². The number of oxazole rings is 1. The van der Waals surface area contributed by atoms with E-state index in [1.54, 1.807) is 19.4 Å². The van der Waals surface area contributed by atoms with E-state index in [9.17, 15) is 4.79 Å². The molecule has 4 aromatic rings. The highest BCUT2D eigenvalue weighted by Gasteiger charge is 2.25. The fourth-order valence-corrected chi connectivity index (χ4v) is 4.93. The lowest BCUT2D eigenvalue weighted by molar-refractivity contribution is 0.102. The molecule has 35 heavy (non-hydrogen) atoms. The summed E-state index contributed by atoms with van der Waals surface area (Å²) in [7, 11) is 1.58. The van der Waals surface area contributed by atoms with E-state index in [1.807, 2.05) is 25.1 Å². The smallest absolute Gasteiger partial charge is 0.277 e. The number of fused-ring (bicyclic) bond motifs is 1. The number of nitrogens with one attached hydrogen (secondary N) is 1. The summed E-state index contributed by atoms with van der Waals surface area (Å²) >= 11 is 0. The number of carbonyl (C=O) groups excluding carboxylic acids is 1. The summed E-state index contributed by atoms with van der Waals surface area (Å²) in [5.74, 6) is 2.09. The molecule has 1 aromatic carbocycles. The molecule has 3 aromatic heterocycles. The topological polar surface area (TPSA) is 95.1 Å². The van der Waals surface area contributed by atoms with Crippen molar-refractivity contribution < 1.29 is 13.9 Å². The van der Waals surface area contributed by atoms with Crippen LogP contribution >= 0.6 is 0 Å². The number of hydrogen-bond acceptors (Lipinski definition) is 6. The summed E-state index contributed by atoms with van der Waals surface area (Å²) < 4.78 is 13.2. The molecule has 1 aliphatic rings. The minimum atomic E-state index is -0.372. The number of pyridine rings is 1. The second kappa shape index (κ2) is 9.52. The fourth-order valence-electron chi connectivity index (χ4n) is 4.93. The average molecular weight is 474 g/mol. The van der Waals surface area contributed by atoms with Gasteiger partial charge in [0, 0.05) is 35.1 Å². The number of ether oxygens (including phenoxy) is 1. The number of methoxy groups -OCH3 is 1. The Balaban J connectivity index is 1.35. The maximum absolute atomic E-state index is 12.9. The first-order valence-corrected chi connectivity index (χ1v) is 12.2. The zero-order valence-corrected chi connectivity index (χ0v) is 20.6. The molecule has 182 valence electrons. The Labute approximate surface area is 204 Å². The minimum Gasteiger partial charge on any atom is -0.494 e. The summed E-state index contributed by atoms with van der Waals surface area (Å²) in [6.07, 6.45) is 9.88. The van der Waals surface area contributed by atoms with Gasteiger partial charge in [0.05, 0.1) is 24.4 Å². The molecule has 8 heteroatoms. The van der Waals surface area contributed by atoms with Crippen LogP contribution in [0.5, 0.6) is 5.75 Å². The number of rotatable bonds is 6. The van der Waals surface area contributed by atoms with Crippen molar-refractivity contribution in [3.8, 4) is 17.2 Å². The predicted octanol–water partition coefficient (Wildman–Crippen LogP) is 6.04. The van der Waals surface area contributed by atoms with Crippen LogP contribution in [0.25, 0.3) is 22.4 Å². The molecule has 0 saturated heterocycles. The molecule has 0 spiro atoms. The van der Waals surface area contributed by atoms with Gasteiger partial charge in [-0.25, -0.2) is 4.98 Å². The van der Waals surface area contributed by atoms with Crippen molar-refractivity contribution in [2.75, 3.05) is 12.4 Å². The van der Waals surface area contributed by atoms with Crippen molar-refractivity contribution >= 4 is 22.5 Å². The third-order valence-corrected chi connectivity index (χ3v) is 7.03. The Morgan fingerprint density at radius 3 is 2.71 bits per heavy atom. The number of carbonyl (C=O) groups is 1. The van der Waals surface area contributed by atoms with Crippen molar-refractivity contribution in [1.82, 2.24) is 19.7 Å². The monoisotopic (exact) mass is 473 g/mol. The Kier molecular flexibility index (Phi) is 6.28. The highest BCUT2D eigenvalue weighted by molar-refractivity contribution is 6.05. The van der Waals surface area contributed by atoms with Crippen LogP contribution in [0.1, 0.15) is 61.8 Å². The van der Waals surface area contributed by atoms with Crippen LogP contribution in [-0.2, 0) is 0 Å². The van der Waals surface area contributed by atoms with Crippen LogP contribution in [0.15, 0.2) is 47.3 Å². The van der Waals surface area contributed by atoms with E-state index in [1.165, 1.54) is 19.1 Å². The molecule has 1 saturated carbocycles. The molecule has 0 radical (unpaired) electrons. The number of aromatic nitrogens is 4. The van der Waals surface area contributed by atoms with Gasteiger partial charge in [-0.05, 0) is 62.6 Å². The average Bonchev–Trinajstić information content (AvgIpc) is 3.51. The van der Waals surface area contributed by atoms with Gasteiger partial charge in [0.1, 0.15) is 12.0 Å². The summed E-state index contributed by atoms with van der Waals surface area (Å²) in [5.41, 5.74) is 3.22. The molecule has 3 heterocycles. The zero-order valence-electron chi connectivity index (χ0n) is 20.6. The number of hydrogen-bond donors (Lipinski definition) is 1. The van der Waals surface area contributed by atoms with E-state index >= 15 is 0 Å². The van der Waals surface area contributed by atoms with Crippen molar-refractivity contribution in [1.29, 1.82) is 0 Å². The number of anilines is 1. The van der Waals surface area contributed by atoms with Crippen LogP contribution in [0, 0.1) is 18.8 Å². The van der Waals surface area contributed by atoms with Crippen LogP contribution < -0.4 is 10.1 Å². The van der Waals surface area contributed by atoms with Crippen molar-refractivity contribution in [2.24, 2.45) is 11.8 Å². The third kappa shape index (κ3) is 4.78.